The molecule has 124 valence electrons. The zero-order valence-corrected chi connectivity index (χ0v) is 13.6. The molecule has 0 unspecified atom stereocenters. The Labute approximate surface area is 141 Å². The molecular weight excluding hydrogens is 332 g/mol. The summed E-state index contributed by atoms with van der Waals surface area (Å²) in [5.41, 5.74) is 1.23. The quantitative estimate of drug-likeness (QED) is 0.859. The van der Waals surface area contributed by atoms with Gasteiger partial charge in [-0.15, -0.1) is 11.3 Å². The number of carboxylic acids is 1. The molecular formula is C16H14N2O5S. The van der Waals surface area contributed by atoms with Crippen molar-refractivity contribution in [3.05, 3.63) is 45.4 Å². The van der Waals surface area contributed by atoms with Gasteiger partial charge in [-0.05, 0) is 12.1 Å². The van der Waals surface area contributed by atoms with Gasteiger partial charge in [0.1, 0.15) is 11.6 Å². The number of nitrogens with one attached hydrogen (secondary N) is 1. The van der Waals surface area contributed by atoms with Crippen molar-refractivity contribution < 1.29 is 24.2 Å². The van der Waals surface area contributed by atoms with E-state index < -0.39 is 5.97 Å². The van der Waals surface area contributed by atoms with Gasteiger partial charge in [-0.1, -0.05) is 12.1 Å². The maximum Gasteiger partial charge on any atom is 0.355 e. The van der Waals surface area contributed by atoms with E-state index in [0.29, 0.717) is 22.1 Å². The van der Waals surface area contributed by atoms with Crippen LogP contribution in [0.4, 0.5) is 0 Å². The van der Waals surface area contributed by atoms with Crippen LogP contribution < -0.4 is 14.8 Å². The molecule has 2 heterocycles. The number of rotatable bonds is 5. The SMILES string of the molecule is COc1cccc2c1OCC(C(=O)NCc1nc(C(=O)O)cs1)=C2. The second-order valence-corrected chi connectivity index (χ2v) is 5.89. The molecule has 24 heavy (non-hydrogen) atoms. The van der Waals surface area contributed by atoms with Crippen LogP contribution in [0.5, 0.6) is 11.5 Å². The number of ether oxygens (including phenoxy) is 2. The normalized spacial score (nSPS) is 12.6. The fourth-order valence-electron chi connectivity index (χ4n) is 2.23. The summed E-state index contributed by atoms with van der Waals surface area (Å²) in [5.74, 6) is -0.136. The molecule has 1 aromatic heterocycles. The van der Waals surface area contributed by atoms with E-state index in [9.17, 15) is 9.59 Å². The van der Waals surface area contributed by atoms with Gasteiger partial charge in [0.2, 0.25) is 0 Å². The molecule has 0 spiro atoms. The van der Waals surface area contributed by atoms with Crippen LogP contribution in [0.3, 0.4) is 0 Å². The lowest BCUT2D eigenvalue weighted by Gasteiger charge is -2.19. The van der Waals surface area contributed by atoms with E-state index in [1.807, 2.05) is 12.1 Å². The average molecular weight is 346 g/mol. The zero-order valence-electron chi connectivity index (χ0n) is 12.7. The van der Waals surface area contributed by atoms with Gasteiger partial charge in [0.25, 0.3) is 5.91 Å². The Morgan fingerprint density at radius 1 is 1.46 bits per heavy atom. The van der Waals surface area contributed by atoms with Crippen molar-refractivity contribution in [1.82, 2.24) is 10.3 Å². The number of thiazole rings is 1. The lowest BCUT2D eigenvalue weighted by Crippen LogP contribution is -2.28. The molecule has 7 nitrogen and oxygen atoms in total. The number of para-hydroxylation sites is 1. The summed E-state index contributed by atoms with van der Waals surface area (Å²) in [6.45, 7) is 0.302. The number of aromatic carboxylic acids is 1. The minimum Gasteiger partial charge on any atom is -0.493 e. The molecule has 0 saturated carbocycles. The number of hydrogen-bond acceptors (Lipinski definition) is 6. The molecule has 8 heteroatoms. The number of nitrogens with zero attached hydrogens (tertiary/aromatic N) is 1. The lowest BCUT2D eigenvalue weighted by molar-refractivity contribution is -0.117. The predicted molar refractivity (Wildman–Crippen MR) is 87.4 cm³/mol. The summed E-state index contributed by atoms with van der Waals surface area (Å²) < 4.78 is 10.8. The predicted octanol–water partition coefficient (Wildman–Crippen LogP) is 1.94. The summed E-state index contributed by atoms with van der Waals surface area (Å²) in [7, 11) is 1.56. The fraction of sp³-hybridized carbons (Fsp3) is 0.188. The topological polar surface area (TPSA) is 97.8 Å². The standard InChI is InChI=1S/C16H14N2O5S/c1-22-12-4-2-3-9-5-10(7-23-14(9)12)15(19)17-6-13-18-11(8-24-13)16(20)21/h2-5,8H,6-7H2,1H3,(H,17,19)(H,20,21). The van der Waals surface area contributed by atoms with Gasteiger partial charge in [-0.25, -0.2) is 9.78 Å². The van der Waals surface area contributed by atoms with E-state index in [4.69, 9.17) is 14.6 Å². The van der Waals surface area contributed by atoms with Crippen molar-refractivity contribution in [3.8, 4) is 11.5 Å². The van der Waals surface area contributed by atoms with Gasteiger partial charge in [-0.3, -0.25) is 4.79 Å². The number of aromatic nitrogens is 1. The van der Waals surface area contributed by atoms with Crippen LogP contribution >= 0.6 is 11.3 Å². The monoisotopic (exact) mass is 346 g/mol. The van der Waals surface area contributed by atoms with Crippen LogP contribution in [0, 0.1) is 0 Å². The molecule has 0 bridgehead atoms. The van der Waals surface area contributed by atoms with Gasteiger partial charge < -0.3 is 19.9 Å². The third-order valence-corrected chi connectivity index (χ3v) is 4.24. The molecule has 0 fully saturated rings. The van der Waals surface area contributed by atoms with E-state index in [0.717, 1.165) is 5.56 Å². The Kier molecular flexibility index (Phi) is 4.48. The zero-order chi connectivity index (χ0) is 17.1. The first-order valence-corrected chi connectivity index (χ1v) is 7.92. The van der Waals surface area contributed by atoms with Gasteiger partial charge in [-0.2, -0.15) is 0 Å². The van der Waals surface area contributed by atoms with Crippen LogP contribution in [0.25, 0.3) is 6.08 Å². The van der Waals surface area contributed by atoms with E-state index >= 15 is 0 Å². The molecule has 1 amide bonds. The molecule has 2 N–H and O–H groups in total. The second-order valence-electron chi connectivity index (χ2n) is 4.95. The number of carboxylic acid groups (broad SMARTS) is 1. The van der Waals surface area contributed by atoms with Crippen molar-refractivity contribution in [2.45, 2.75) is 6.54 Å². The van der Waals surface area contributed by atoms with E-state index in [2.05, 4.69) is 10.3 Å². The smallest absolute Gasteiger partial charge is 0.355 e. The minimum atomic E-state index is -1.09. The molecule has 1 aromatic carbocycles. The van der Waals surface area contributed by atoms with Gasteiger partial charge in [0.15, 0.2) is 17.2 Å². The van der Waals surface area contributed by atoms with Crippen LogP contribution in [0.2, 0.25) is 0 Å². The summed E-state index contributed by atoms with van der Waals surface area (Å²) >= 11 is 1.19. The van der Waals surface area contributed by atoms with Crippen molar-refractivity contribution in [3.63, 3.8) is 0 Å². The highest BCUT2D eigenvalue weighted by Gasteiger charge is 2.20. The average Bonchev–Trinajstić information content (AvgIpc) is 3.08. The second kappa shape index (κ2) is 6.71. The number of hydrogen-bond donors (Lipinski definition) is 2. The maximum absolute atomic E-state index is 12.2. The van der Waals surface area contributed by atoms with Crippen LogP contribution in [-0.2, 0) is 11.3 Å². The number of fused-ring (bicyclic) bond motifs is 1. The molecule has 1 aliphatic heterocycles. The van der Waals surface area contributed by atoms with Gasteiger partial charge in [0.05, 0.1) is 19.2 Å². The highest BCUT2D eigenvalue weighted by molar-refractivity contribution is 7.09. The van der Waals surface area contributed by atoms with Crippen LogP contribution in [0.15, 0.2) is 29.2 Å². The van der Waals surface area contributed by atoms with Crippen molar-refractivity contribution in [2.24, 2.45) is 0 Å². The first-order chi connectivity index (χ1) is 11.6. The number of amides is 1. The largest absolute Gasteiger partial charge is 0.493 e. The number of carbonyl (C=O) groups is 2. The Hall–Kier alpha value is -2.87. The molecule has 0 aliphatic carbocycles. The van der Waals surface area contributed by atoms with E-state index in [-0.39, 0.29) is 24.8 Å². The van der Waals surface area contributed by atoms with Crippen molar-refractivity contribution in [1.29, 1.82) is 0 Å². The van der Waals surface area contributed by atoms with Crippen molar-refractivity contribution in [2.75, 3.05) is 13.7 Å². The van der Waals surface area contributed by atoms with E-state index in [1.54, 1.807) is 19.3 Å². The highest BCUT2D eigenvalue weighted by atomic mass is 32.1. The highest BCUT2D eigenvalue weighted by Crippen LogP contribution is 2.35. The van der Waals surface area contributed by atoms with Gasteiger partial charge in [0, 0.05) is 10.9 Å². The fourth-order valence-corrected chi connectivity index (χ4v) is 2.94. The lowest BCUT2D eigenvalue weighted by atomic mass is 10.1. The molecule has 0 saturated heterocycles. The molecule has 3 rings (SSSR count). The molecule has 0 radical (unpaired) electrons. The Balaban J connectivity index is 1.69. The number of methoxy groups -OCH3 is 1. The summed E-state index contributed by atoms with van der Waals surface area (Å²) in [4.78, 5) is 27.0. The molecule has 0 atom stereocenters. The van der Waals surface area contributed by atoms with Crippen molar-refractivity contribution >= 4 is 29.3 Å². The van der Waals surface area contributed by atoms with Crippen LogP contribution in [-0.4, -0.2) is 35.7 Å². The summed E-state index contributed by atoms with van der Waals surface area (Å²) in [5, 5.41) is 13.5. The Morgan fingerprint density at radius 2 is 2.29 bits per heavy atom. The minimum absolute atomic E-state index is 0.0227. The summed E-state index contributed by atoms with van der Waals surface area (Å²) in [6, 6.07) is 5.45. The third-order valence-electron chi connectivity index (χ3n) is 3.39. The Bertz CT molecular complexity index is 828. The summed E-state index contributed by atoms with van der Waals surface area (Å²) in [6.07, 6.45) is 1.75. The number of carbonyl (C=O) groups excluding carboxylic acids is 1. The van der Waals surface area contributed by atoms with E-state index in [1.165, 1.54) is 16.7 Å². The molecule has 2 aromatic rings. The number of benzene rings is 1. The molecule has 1 aliphatic rings. The van der Waals surface area contributed by atoms with Gasteiger partial charge >= 0.3 is 5.97 Å². The maximum atomic E-state index is 12.2. The first kappa shape index (κ1) is 16.0. The third kappa shape index (κ3) is 3.23. The Morgan fingerprint density at radius 3 is 3.00 bits per heavy atom. The first-order valence-electron chi connectivity index (χ1n) is 7.04. The van der Waals surface area contributed by atoms with Crippen LogP contribution in [0.1, 0.15) is 21.1 Å².